The summed E-state index contributed by atoms with van der Waals surface area (Å²) >= 11 is 0. The van der Waals surface area contributed by atoms with Crippen molar-refractivity contribution >= 4 is 11.6 Å². The molecule has 0 saturated carbocycles. The summed E-state index contributed by atoms with van der Waals surface area (Å²) in [7, 11) is 0. The van der Waals surface area contributed by atoms with Gasteiger partial charge in [0.05, 0.1) is 18.9 Å². The number of hydrogen-bond acceptors (Lipinski definition) is 5. The maximum atomic E-state index is 13.0. The molecule has 8 nitrogen and oxygen atoms in total. The zero-order valence-corrected chi connectivity index (χ0v) is 16.9. The number of hydrogen-bond donors (Lipinski definition) is 2. The molecular weight excluding hydrogens is 382 g/mol. The van der Waals surface area contributed by atoms with Crippen LogP contribution >= 0.6 is 0 Å². The first-order chi connectivity index (χ1) is 14.6. The SMILES string of the molecule is Cc1ccn(CCN2CCOCC2)c(=O)c1C(=O)Nc1ccc(-c2ccn[nH]2)cc1. The highest BCUT2D eigenvalue weighted by atomic mass is 16.5. The van der Waals surface area contributed by atoms with Gasteiger partial charge in [0.25, 0.3) is 11.5 Å². The highest BCUT2D eigenvalue weighted by Crippen LogP contribution is 2.19. The number of anilines is 1. The highest BCUT2D eigenvalue weighted by Gasteiger charge is 2.17. The summed E-state index contributed by atoms with van der Waals surface area (Å²) in [6, 6.07) is 11.1. The van der Waals surface area contributed by atoms with E-state index in [-0.39, 0.29) is 11.1 Å². The molecule has 0 atom stereocenters. The number of aryl methyl sites for hydroxylation is 1. The maximum Gasteiger partial charge on any atom is 0.263 e. The van der Waals surface area contributed by atoms with Crippen LogP contribution in [0.25, 0.3) is 11.3 Å². The number of benzene rings is 1. The van der Waals surface area contributed by atoms with E-state index in [1.54, 1.807) is 23.9 Å². The van der Waals surface area contributed by atoms with Crippen LogP contribution in [0.15, 0.2) is 53.6 Å². The maximum absolute atomic E-state index is 13.0. The summed E-state index contributed by atoms with van der Waals surface area (Å²) in [5.74, 6) is -0.396. The lowest BCUT2D eigenvalue weighted by Crippen LogP contribution is -2.40. The van der Waals surface area contributed by atoms with Gasteiger partial charge in [0.1, 0.15) is 5.56 Å². The summed E-state index contributed by atoms with van der Waals surface area (Å²) in [6.45, 7) is 6.24. The number of nitrogens with zero attached hydrogens (tertiary/aromatic N) is 3. The average Bonchev–Trinajstić information content (AvgIpc) is 3.29. The summed E-state index contributed by atoms with van der Waals surface area (Å²) in [5.41, 5.74) is 3.06. The Morgan fingerprint density at radius 2 is 1.90 bits per heavy atom. The quantitative estimate of drug-likeness (QED) is 0.653. The van der Waals surface area contributed by atoms with E-state index in [1.165, 1.54) is 0 Å². The minimum Gasteiger partial charge on any atom is -0.379 e. The van der Waals surface area contributed by atoms with Crippen LogP contribution < -0.4 is 10.9 Å². The van der Waals surface area contributed by atoms with E-state index in [0.717, 1.165) is 44.1 Å². The second kappa shape index (κ2) is 9.06. The first kappa shape index (κ1) is 20.1. The molecule has 1 aliphatic rings. The largest absolute Gasteiger partial charge is 0.379 e. The molecular formula is C22H25N5O3. The van der Waals surface area contributed by atoms with Gasteiger partial charge in [-0.2, -0.15) is 5.10 Å². The molecule has 1 saturated heterocycles. The highest BCUT2D eigenvalue weighted by molar-refractivity contribution is 6.05. The third kappa shape index (κ3) is 4.50. The van der Waals surface area contributed by atoms with Gasteiger partial charge in [0.2, 0.25) is 0 Å². The number of H-pyrrole nitrogens is 1. The number of carbonyl (C=O) groups excluding carboxylic acids is 1. The van der Waals surface area contributed by atoms with Crippen LogP contribution in [0.3, 0.4) is 0 Å². The van der Waals surface area contributed by atoms with Gasteiger partial charge in [0.15, 0.2) is 0 Å². The van der Waals surface area contributed by atoms with Crippen LogP contribution in [0.1, 0.15) is 15.9 Å². The Kier molecular flexibility index (Phi) is 6.06. The molecule has 2 aromatic heterocycles. The van der Waals surface area contributed by atoms with Crippen LogP contribution in [0.4, 0.5) is 5.69 Å². The molecule has 1 fully saturated rings. The van der Waals surface area contributed by atoms with Gasteiger partial charge in [0, 0.05) is 44.3 Å². The lowest BCUT2D eigenvalue weighted by Gasteiger charge is -2.26. The third-order valence-corrected chi connectivity index (χ3v) is 5.32. The lowest BCUT2D eigenvalue weighted by molar-refractivity contribution is 0.0363. The Morgan fingerprint density at radius 3 is 2.60 bits per heavy atom. The number of carbonyl (C=O) groups is 1. The van der Waals surface area contributed by atoms with Gasteiger partial charge >= 0.3 is 0 Å². The molecule has 0 spiro atoms. The molecule has 8 heteroatoms. The van der Waals surface area contributed by atoms with Crippen molar-refractivity contribution in [2.45, 2.75) is 13.5 Å². The van der Waals surface area contributed by atoms with E-state index in [9.17, 15) is 9.59 Å². The lowest BCUT2D eigenvalue weighted by atomic mass is 10.1. The summed E-state index contributed by atoms with van der Waals surface area (Å²) in [4.78, 5) is 28.1. The summed E-state index contributed by atoms with van der Waals surface area (Å²) in [6.07, 6.45) is 3.45. The monoisotopic (exact) mass is 407 g/mol. The van der Waals surface area contributed by atoms with Gasteiger partial charge in [-0.05, 0) is 42.3 Å². The van der Waals surface area contributed by atoms with E-state index in [0.29, 0.717) is 17.8 Å². The molecule has 1 amide bonds. The van der Waals surface area contributed by atoms with E-state index >= 15 is 0 Å². The molecule has 1 aromatic carbocycles. The molecule has 4 rings (SSSR count). The van der Waals surface area contributed by atoms with E-state index in [2.05, 4.69) is 20.4 Å². The van der Waals surface area contributed by atoms with Crippen LogP contribution in [-0.2, 0) is 11.3 Å². The van der Waals surface area contributed by atoms with Crippen molar-refractivity contribution in [3.63, 3.8) is 0 Å². The number of morpholine rings is 1. The fourth-order valence-electron chi connectivity index (χ4n) is 3.53. The zero-order chi connectivity index (χ0) is 20.9. The van der Waals surface area contributed by atoms with Crippen LogP contribution in [-0.4, -0.2) is 58.4 Å². The Hall–Kier alpha value is -3.23. The first-order valence-electron chi connectivity index (χ1n) is 10.0. The fourth-order valence-corrected chi connectivity index (χ4v) is 3.53. The van der Waals surface area contributed by atoms with E-state index in [1.807, 2.05) is 36.4 Å². The topological polar surface area (TPSA) is 92.2 Å². The molecule has 1 aliphatic heterocycles. The van der Waals surface area contributed by atoms with Crippen molar-refractivity contribution in [2.75, 3.05) is 38.2 Å². The van der Waals surface area contributed by atoms with E-state index < -0.39 is 5.91 Å². The van der Waals surface area contributed by atoms with Crippen LogP contribution in [0.5, 0.6) is 0 Å². The van der Waals surface area contributed by atoms with Crippen molar-refractivity contribution in [3.05, 3.63) is 70.3 Å². The predicted octanol–water partition coefficient (Wildman–Crippen LogP) is 2.13. The fraction of sp³-hybridized carbons (Fsp3) is 0.318. The van der Waals surface area contributed by atoms with Gasteiger partial charge in [-0.3, -0.25) is 19.6 Å². The minimum atomic E-state index is -0.396. The molecule has 3 aromatic rings. The molecule has 156 valence electrons. The molecule has 2 N–H and O–H groups in total. The zero-order valence-electron chi connectivity index (χ0n) is 16.9. The number of nitrogens with one attached hydrogen (secondary N) is 2. The number of pyridine rings is 1. The minimum absolute atomic E-state index is 0.178. The molecule has 0 radical (unpaired) electrons. The van der Waals surface area contributed by atoms with Crippen LogP contribution in [0.2, 0.25) is 0 Å². The second-order valence-corrected chi connectivity index (χ2v) is 7.33. The van der Waals surface area contributed by atoms with Crippen molar-refractivity contribution < 1.29 is 9.53 Å². The Balaban J connectivity index is 1.47. The Morgan fingerprint density at radius 1 is 1.13 bits per heavy atom. The molecule has 0 bridgehead atoms. The average molecular weight is 407 g/mol. The Bertz CT molecular complexity index is 1050. The van der Waals surface area contributed by atoms with Crippen molar-refractivity contribution in [1.82, 2.24) is 19.7 Å². The van der Waals surface area contributed by atoms with Gasteiger partial charge < -0.3 is 14.6 Å². The smallest absolute Gasteiger partial charge is 0.263 e. The number of rotatable bonds is 6. The summed E-state index contributed by atoms with van der Waals surface area (Å²) < 4.78 is 6.97. The predicted molar refractivity (Wildman–Crippen MR) is 115 cm³/mol. The third-order valence-electron chi connectivity index (χ3n) is 5.32. The number of amides is 1. The van der Waals surface area contributed by atoms with Gasteiger partial charge in [-0.1, -0.05) is 12.1 Å². The van der Waals surface area contributed by atoms with E-state index in [4.69, 9.17) is 4.74 Å². The normalized spacial score (nSPS) is 14.6. The first-order valence-corrected chi connectivity index (χ1v) is 10.0. The van der Waals surface area contributed by atoms with Crippen molar-refractivity contribution in [3.8, 4) is 11.3 Å². The number of ether oxygens (including phenoxy) is 1. The summed E-state index contributed by atoms with van der Waals surface area (Å²) in [5, 5.41) is 9.68. The number of aromatic nitrogens is 3. The molecule has 0 unspecified atom stereocenters. The van der Waals surface area contributed by atoms with Crippen LogP contribution in [0, 0.1) is 6.92 Å². The standard InChI is InChI=1S/C22H25N5O3/c1-16-7-9-27(11-10-26-12-14-30-15-13-26)22(29)20(16)21(28)24-18-4-2-17(3-5-18)19-6-8-23-25-19/h2-9H,10-15H2,1H3,(H,23,25)(H,24,28). The number of aromatic amines is 1. The van der Waals surface area contributed by atoms with Crippen molar-refractivity contribution in [2.24, 2.45) is 0 Å². The van der Waals surface area contributed by atoms with Gasteiger partial charge in [-0.25, -0.2) is 0 Å². The molecule has 0 aliphatic carbocycles. The molecule has 30 heavy (non-hydrogen) atoms. The molecule has 3 heterocycles. The Labute approximate surface area is 174 Å². The van der Waals surface area contributed by atoms with Crippen molar-refractivity contribution in [1.29, 1.82) is 0 Å². The second-order valence-electron chi connectivity index (χ2n) is 7.33. The van der Waals surface area contributed by atoms with Gasteiger partial charge in [-0.15, -0.1) is 0 Å².